The summed E-state index contributed by atoms with van der Waals surface area (Å²) in [5, 5.41) is 48.5. The zero-order chi connectivity index (χ0) is 62.1. The van der Waals surface area contributed by atoms with Gasteiger partial charge in [-0.2, -0.15) is 8.42 Å². The number of phenols is 1. The van der Waals surface area contributed by atoms with Crippen molar-refractivity contribution >= 4 is 26.9 Å². The average molecular weight is 1230 g/mol. The maximum atomic E-state index is 14.6. The molecule has 3 fully saturated rings. The van der Waals surface area contributed by atoms with Gasteiger partial charge in [0.1, 0.15) is 17.6 Å². The Bertz CT molecular complexity index is 4040. The van der Waals surface area contributed by atoms with Crippen molar-refractivity contribution in [3.63, 3.8) is 0 Å². The average Bonchev–Trinajstić information content (AvgIpc) is 0.874. The zero-order valence-electron chi connectivity index (χ0n) is 51.2. The summed E-state index contributed by atoms with van der Waals surface area (Å²) in [5.41, 5.74) is 20.8. The summed E-state index contributed by atoms with van der Waals surface area (Å²) in [4.78, 5) is 5.36. The maximum absolute atomic E-state index is 14.6. The molecule has 16 rings (SSSR count). The Morgan fingerprint density at radius 1 is 0.811 bits per heavy atom. The maximum Gasteiger partial charge on any atom is 0.268 e. The number of phenolic OH excluding ortho intramolecular Hbond substituents is 1. The quantitative estimate of drug-likeness (QED) is 0.0225. The number of benzene rings is 7. The van der Waals surface area contributed by atoms with E-state index in [1.807, 2.05) is 60.7 Å². The first-order valence-electron chi connectivity index (χ1n) is 32.8. The Morgan fingerprint density at radius 2 is 1.57 bits per heavy atom. The fraction of sp³-hybridized carbons (Fsp3) is 0.416. The highest BCUT2D eigenvalue weighted by Gasteiger charge is 2.60. The van der Waals surface area contributed by atoms with Gasteiger partial charge in [0.15, 0.2) is 5.96 Å². The van der Waals surface area contributed by atoms with Crippen LogP contribution in [0.25, 0.3) is 10.8 Å². The third-order valence-corrected chi connectivity index (χ3v) is 23.7. The second kappa shape index (κ2) is 24.4. The SMILES string of the molecule is CC1CCc2cc3ccc2C1CC(S(=O)(=O)O)C1C=C2CC(CC4CC(CO)CC#Cc5cc(O)ccc5C2O4)C1c1ccc(cc1)C(N=C(N)N)(C1CCC2CCC(c4ccc(C(O)Cc5cccc6ccccc56)cc4)CC2(O)C1Cc1ccccc1)O3. The first kappa shape index (κ1) is 60.3. The van der Waals surface area contributed by atoms with E-state index in [1.54, 1.807) is 12.1 Å². The molecule has 0 radical (unpaired) electrons. The molecule has 9 aliphatic rings. The zero-order valence-corrected chi connectivity index (χ0v) is 52.0. The minimum atomic E-state index is -4.72. The molecule has 7 aromatic rings. The van der Waals surface area contributed by atoms with Crippen LogP contribution in [0.15, 0.2) is 174 Å². The molecule has 16 atom stereocenters. The van der Waals surface area contributed by atoms with Gasteiger partial charge in [0.2, 0.25) is 5.72 Å². The second-order valence-corrected chi connectivity index (χ2v) is 29.3. The van der Waals surface area contributed by atoms with E-state index < -0.39 is 62.6 Å². The Kier molecular flexibility index (Phi) is 16.3. The van der Waals surface area contributed by atoms with Crippen LogP contribution >= 0.6 is 0 Å². The summed E-state index contributed by atoms with van der Waals surface area (Å²) < 4.78 is 56.0. The minimum Gasteiger partial charge on any atom is -0.508 e. The predicted molar refractivity (Wildman–Crippen MR) is 351 cm³/mol. The number of fused-ring (bicyclic) bond motifs is 11. The van der Waals surface area contributed by atoms with Gasteiger partial charge in [0.25, 0.3) is 10.1 Å². The van der Waals surface area contributed by atoms with Crippen LogP contribution in [0.5, 0.6) is 11.5 Å². The first-order chi connectivity index (χ1) is 43.5. The van der Waals surface area contributed by atoms with Gasteiger partial charge in [-0.25, -0.2) is 4.99 Å². The molecule has 4 aliphatic carbocycles. The highest BCUT2D eigenvalue weighted by atomic mass is 32.2. The number of allylic oxidation sites excluding steroid dienone is 1. The lowest BCUT2D eigenvalue weighted by Gasteiger charge is -2.57. The van der Waals surface area contributed by atoms with E-state index in [2.05, 4.69) is 110 Å². The number of aryl methyl sites for hydroxylation is 1. The molecule has 5 aliphatic heterocycles. The monoisotopic (exact) mass is 1230 g/mol. The first-order valence-corrected chi connectivity index (χ1v) is 34.3. The van der Waals surface area contributed by atoms with E-state index in [4.69, 9.17) is 25.9 Å². The number of aliphatic hydroxyl groups is 3. The molecule has 7 aromatic carbocycles. The molecule has 16 unspecified atom stereocenters. The van der Waals surface area contributed by atoms with Gasteiger partial charge in [0, 0.05) is 53.9 Å². The van der Waals surface area contributed by atoms with Crippen molar-refractivity contribution in [2.45, 2.75) is 149 Å². The van der Waals surface area contributed by atoms with Crippen molar-refractivity contribution in [3.8, 4) is 23.3 Å². The van der Waals surface area contributed by atoms with Gasteiger partial charge in [-0.3, -0.25) is 4.55 Å². The molecule has 0 aromatic heterocycles. The molecule has 0 spiro atoms. The third kappa shape index (κ3) is 11.4. The van der Waals surface area contributed by atoms with Crippen LogP contribution in [0.4, 0.5) is 0 Å². The summed E-state index contributed by atoms with van der Waals surface area (Å²) in [6, 6.07) is 52.9. The van der Waals surface area contributed by atoms with Crippen LogP contribution in [-0.4, -0.2) is 62.9 Å². The second-order valence-electron chi connectivity index (χ2n) is 27.6. The molecular weight excluding hydrogens is 1140 g/mol. The Hall–Kier alpha value is -7.28. The molecule has 90 heavy (non-hydrogen) atoms. The number of aliphatic imine (C=N–C) groups is 1. The molecule has 2 saturated carbocycles. The summed E-state index contributed by atoms with van der Waals surface area (Å²) in [7, 11) is -4.72. The largest absolute Gasteiger partial charge is 0.508 e. The number of nitrogens with two attached hydrogens (primary N) is 2. The van der Waals surface area contributed by atoms with Crippen molar-refractivity contribution in [1.29, 1.82) is 0 Å². The summed E-state index contributed by atoms with van der Waals surface area (Å²) in [5.74, 6) is 4.51. The highest BCUT2D eigenvalue weighted by Crippen LogP contribution is 2.60. The molecule has 1 saturated heterocycles. The molecule has 5 heterocycles. The number of ether oxygens (including phenoxy) is 2. The molecule has 10 bridgehead atoms. The van der Waals surface area contributed by atoms with Crippen molar-refractivity contribution in [1.82, 2.24) is 0 Å². The smallest absolute Gasteiger partial charge is 0.268 e. The summed E-state index contributed by atoms with van der Waals surface area (Å²) >= 11 is 0. The molecule has 13 heteroatoms. The van der Waals surface area contributed by atoms with Crippen LogP contribution in [-0.2, 0) is 39.8 Å². The summed E-state index contributed by atoms with van der Waals surface area (Å²) in [6.07, 6.45) is 8.82. The predicted octanol–water partition coefficient (Wildman–Crippen LogP) is 13.2. The number of aliphatic hydroxyl groups excluding tert-OH is 2. The number of nitrogens with zero attached hydrogens (tertiary/aromatic N) is 1. The van der Waals surface area contributed by atoms with Gasteiger partial charge in [0.05, 0.1) is 23.1 Å². The van der Waals surface area contributed by atoms with Crippen molar-refractivity contribution in [3.05, 3.63) is 225 Å². The van der Waals surface area contributed by atoms with E-state index >= 15 is 0 Å². The molecule has 466 valence electrons. The molecule has 9 N–H and O–H groups in total. The van der Waals surface area contributed by atoms with E-state index in [1.165, 1.54) is 0 Å². The fourth-order valence-corrected chi connectivity index (χ4v) is 19.2. The van der Waals surface area contributed by atoms with E-state index in [9.17, 15) is 33.4 Å². The number of hydrogen-bond acceptors (Lipinski definition) is 9. The van der Waals surface area contributed by atoms with Crippen molar-refractivity contribution in [2.75, 3.05) is 6.61 Å². The Morgan fingerprint density at radius 3 is 2.36 bits per heavy atom. The van der Waals surface area contributed by atoms with E-state index in [-0.39, 0.29) is 66.3 Å². The van der Waals surface area contributed by atoms with E-state index in [0.717, 1.165) is 86.5 Å². The molecular formula is C77H83N3O9S. The van der Waals surface area contributed by atoms with Crippen LogP contribution in [0.2, 0.25) is 0 Å². The van der Waals surface area contributed by atoms with Gasteiger partial charge < -0.3 is 41.4 Å². The number of hydrogen-bond donors (Lipinski definition) is 7. The topological polar surface area (TPSA) is 218 Å². The molecule has 0 amide bonds. The lowest BCUT2D eigenvalue weighted by atomic mass is 9.53. The van der Waals surface area contributed by atoms with Crippen molar-refractivity contribution < 1.29 is 42.9 Å². The van der Waals surface area contributed by atoms with Gasteiger partial charge in [-0.1, -0.05) is 158 Å². The van der Waals surface area contributed by atoms with Crippen LogP contribution in [0.3, 0.4) is 0 Å². The van der Waals surface area contributed by atoms with E-state index in [0.29, 0.717) is 74.7 Å². The van der Waals surface area contributed by atoms with Crippen LogP contribution in [0.1, 0.15) is 163 Å². The lowest BCUT2D eigenvalue weighted by Crippen LogP contribution is -2.60. The fourth-order valence-electron chi connectivity index (χ4n) is 18.1. The van der Waals surface area contributed by atoms with Crippen LogP contribution in [0, 0.1) is 53.3 Å². The number of aromatic hydroxyl groups is 1. The van der Waals surface area contributed by atoms with Crippen LogP contribution < -0.4 is 16.2 Å². The Balaban J connectivity index is 0.889. The minimum absolute atomic E-state index is 0.0165. The van der Waals surface area contributed by atoms with Gasteiger partial charge >= 0.3 is 0 Å². The van der Waals surface area contributed by atoms with Gasteiger partial charge in [-0.05, 0) is 198 Å². The Labute approximate surface area is 529 Å². The standard InChI is InChI=1S/C77H83N3O9S/c1-46-17-18-55-39-62-31-33-65(55)67(46)43-72(90(85,86)87)68-41-58-37-57(40-63-35-48(45-81)11-7-14-53-38-61(82)30-32-66(53)74(58)88-63)73(68)52-23-27-60(28-24-52)77(89-62,80-75(78)79)69-34-29-59-26-25-56(44-76(59,84)70(69)36-47-9-3-2-4-10-47)49-19-21-51(22-20-49)71(83)42-54-15-8-13-50-12-5-6-16-64(50)54/h2-6,8-10,12-13,15-16,19-24,27-28,30-33,38-39,41,46,48,56-57,59,63,67-74,81-84H,11,17-18,25-26,29,34-37,40,42-45H2,1H3,(H4,78,79,80)(H,85,86,87). The third-order valence-electron chi connectivity index (χ3n) is 22.5. The lowest BCUT2D eigenvalue weighted by molar-refractivity contribution is -0.177. The highest BCUT2D eigenvalue weighted by molar-refractivity contribution is 7.86. The summed E-state index contributed by atoms with van der Waals surface area (Å²) in [6.45, 7) is 2.10. The number of guanidine groups is 1. The van der Waals surface area contributed by atoms with Gasteiger partial charge in [-0.15, -0.1) is 0 Å². The van der Waals surface area contributed by atoms with Crippen molar-refractivity contribution in [2.24, 2.45) is 57.9 Å². The number of rotatable bonds is 10. The normalized spacial score (nSPS) is 31.5. The molecule has 12 nitrogen and oxygen atoms in total.